The highest BCUT2D eigenvalue weighted by Crippen LogP contribution is 2.26. The predicted octanol–water partition coefficient (Wildman–Crippen LogP) is 7.07. The zero-order valence-corrected chi connectivity index (χ0v) is 26.9. The SMILES string of the molecule is O=c1cc(-c2ccc(OCCCc3cn(CCOCCOc4ccc5c(=O)cc(-c6ccccc6)oc5c4)nn3)cc2)oc2cc(F)ccc12. The summed E-state index contributed by atoms with van der Waals surface area (Å²) in [6.07, 6.45) is 3.33. The second kappa shape index (κ2) is 15.0. The average molecular weight is 674 g/mol. The number of nitrogens with zero attached hydrogens (tertiary/aromatic N) is 3. The Morgan fingerprint density at radius 2 is 1.32 bits per heavy atom. The second-order valence-electron chi connectivity index (χ2n) is 11.5. The van der Waals surface area contributed by atoms with Crippen molar-refractivity contribution >= 4 is 21.9 Å². The van der Waals surface area contributed by atoms with Gasteiger partial charge in [0.2, 0.25) is 0 Å². The molecule has 0 aliphatic heterocycles. The molecule has 252 valence electrons. The summed E-state index contributed by atoms with van der Waals surface area (Å²) in [5, 5.41) is 9.25. The molecular weight excluding hydrogens is 641 g/mol. The van der Waals surface area contributed by atoms with E-state index in [1.54, 1.807) is 47.1 Å². The Hall–Kier alpha value is -6.07. The van der Waals surface area contributed by atoms with Crippen molar-refractivity contribution in [1.82, 2.24) is 15.0 Å². The summed E-state index contributed by atoms with van der Waals surface area (Å²) < 4.78 is 44.5. The summed E-state index contributed by atoms with van der Waals surface area (Å²) in [5.41, 5.74) is 2.71. The van der Waals surface area contributed by atoms with Crippen molar-refractivity contribution in [1.29, 1.82) is 0 Å². The predicted molar refractivity (Wildman–Crippen MR) is 186 cm³/mol. The summed E-state index contributed by atoms with van der Waals surface area (Å²) >= 11 is 0. The normalized spacial score (nSPS) is 11.3. The maximum Gasteiger partial charge on any atom is 0.193 e. The molecule has 0 aliphatic carbocycles. The van der Waals surface area contributed by atoms with Crippen molar-refractivity contribution in [3.63, 3.8) is 0 Å². The van der Waals surface area contributed by atoms with Gasteiger partial charge in [-0.05, 0) is 61.4 Å². The molecular formula is C39H32FN3O7. The molecule has 0 fully saturated rings. The fraction of sp³-hybridized carbons (Fsp3) is 0.179. The number of hydrogen-bond donors (Lipinski definition) is 0. The number of ether oxygens (including phenoxy) is 3. The lowest BCUT2D eigenvalue weighted by atomic mass is 10.1. The number of benzene rings is 4. The smallest absolute Gasteiger partial charge is 0.193 e. The fourth-order valence-electron chi connectivity index (χ4n) is 5.44. The molecule has 3 aromatic heterocycles. The fourth-order valence-corrected chi connectivity index (χ4v) is 5.44. The van der Waals surface area contributed by atoms with E-state index >= 15 is 0 Å². The Morgan fingerprint density at radius 3 is 2.08 bits per heavy atom. The van der Waals surface area contributed by atoms with Crippen LogP contribution in [0, 0.1) is 5.82 Å². The number of fused-ring (bicyclic) bond motifs is 2. The molecule has 0 N–H and O–H groups in total. The van der Waals surface area contributed by atoms with Crippen LogP contribution < -0.4 is 20.3 Å². The third kappa shape index (κ3) is 7.79. The van der Waals surface area contributed by atoms with Crippen LogP contribution in [0.2, 0.25) is 0 Å². The summed E-state index contributed by atoms with van der Waals surface area (Å²) in [6, 6.07) is 28.6. The van der Waals surface area contributed by atoms with Gasteiger partial charge in [0.15, 0.2) is 10.9 Å². The number of hydrogen-bond acceptors (Lipinski definition) is 9. The van der Waals surface area contributed by atoms with E-state index in [9.17, 15) is 14.0 Å². The van der Waals surface area contributed by atoms with Crippen LogP contribution in [0.15, 0.2) is 128 Å². The summed E-state index contributed by atoms with van der Waals surface area (Å²) in [6.45, 7) is 2.18. The van der Waals surface area contributed by atoms with Gasteiger partial charge in [0.1, 0.15) is 46.6 Å². The Balaban J connectivity index is 0.811. The zero-order valence-electron chi connectivity index (χ0n) is 26.9. The molecule has 0 unspecified atom stereocenters. The Labute approximate surface area is 285 Å². The third-order valence-electron chi connectivity index (χ3n) is 7.98. The van der Waals surface area contributed by atoms with Crippen molar-refractivity contribution in [2.45, 2.75) is 19.4 Å². The van der Waals surface area contributed by atoms with Gasteiger partial charge >= 0.3 is 0 Å². The Bertz CT molecular complexity index is 2350. The Kier molecular flexibility index (Phi) is 9.74. The summed E-state index contributed by atoms with van der Waals surface area (Å²) in [5.74, 6) is 1.67. The van der Waals surface area contributed by atoms with E-state index in [-0.39, 0.29) is 16.4 Å². The standard InChI is InChI=1S/C39H32FN3O7/c40-28-10-14-32-34(44)24-37(49-38(32)21-28)27-8-11-30(12-9-27)47-17-4-7-29-25-43(42-41-29)16-18-46-19-20-48-31-13-15-33-35(45)23-36(50-39(33)22-31)26-5-2-1-3-6-26/h1-3,5-6,8-15,21-25H,4,7,16-20H2. The average Bonchev–Trinajstić information content (AvgIpc) is 3.59. The highest BCUT2D eigenvalue weighted by atomic mass is 19.1. The molecule has 7 aromatic rings. The lowest BCUT2D eigenvalue weighted by Gasteiger charge is -2.08. The van der Waals surface area contributed by atoms with Crippen LogP contribution in [0.4, 0.5) is 4.39 Å². The first-order chi connectivity index (χ1) is 24.5. The number of halogens is 1. The maximum atomic E-state index is 13.6. The van der Waals surface area contributed by atoms with E-state index in [2.05, 4.69) is 10.3 Å². The van der Waals surface area contributed by atoms with Crippen molar-refractivity contribution < 1.29 is 27.4 Å². The van der Waals surface area contributed by atoms with Crippen molar-refractivity contribution in [3.8, 4) is 34.1 Å². The minimum absolute atomic E-state index is 0.107. The highest BCUT2D eigenvalue weighted by Gasteiger charge is 2.10. The molecule has 11 heteroatoms. The highest BCUT2D eigenvalue weighted by molar-refractivity contribution is 5.80. The van der Waals surface area contributed by atoms with Gasteiger partial charge in [-0.25, -0.2) is 9.07 Å². The zero-order chi connectivity index (χ0) is 34.3. The monoisotopic (exact) mass is 673 g/mol. The molecule has 0 bridgehead atoms. The summed E-state index contributed by atoms with van der Waals surface area (Å²) in [4.78, 5) is 25.0. The van der Waals surface area contributed by atoms with Gasteiger partial charge in [0, 0.05) is 41.6 Å². The van der Waals surface area contributed by atoms with Gasteiger partial charge < -0.3 is 23.0 Å². The van der Waals surface area contributed by atoms with E-state index in [0.717, 1.165) is 17.7 Å². The van der Waals surface area contributed by atoms with Crippen LogP contribution in [0.3, 0.4) is 0 Å². The Morgan fingerprint density at radius 1 is 0.660 bits per heavy atom. The van der Waals surface area contributed by atoms with Gasteiger partial charge in [-0.2, -0.15) is 0 Å². The van der Waals surface area contributed by atoms with E-state index in [4.69, 9.17) is 23.0 Å². The third-order valence-corrected chi connectivity index (χ3v) is 7.98. The van der Waals surface area contributed by atoms with Gasteiger partial charge in [-0.15, -0.1) is 5.10 Å². The van der Waals surface area contributed by atoms with Crippen molar-refractivity contribution in [3.05, 3.63) is 141 Å². The van der Waals surface area contributed by atoms with E-state index in [1.807, 2.05) is 36.5 Å². The van der Waals surface area contributed by atoms with E-state index in [0.29, 0.717) is 84.3 Å². The number of aryl methyl sites for hydroxylation is 1. The van der Waals surface area contributed by atoms with Gasteiger partial charge in [0.05, 0.1) is 42.8 Å². The first-order valence-corrected chi connectivity index (χ1v) is 16.2. The molecule has 0 amide bonds. The quantitative estimate of drug-likeness (QED) is 0.112. The number of aromatic nitrogens is 3. The van der Waals surface area contributed by atoms with Gasteiger partial charge in [-0.1, -0.05) is 35.5 Å². The molecule has 0 radical (unpaired) electrons. The molecule has 0 saturated carbocycles. The minimum atomic E-state index is -0.466. The molecule has 0 aliphatic rings. The van der Waals surface area contributed by atoms with Crippen LogP contribution in [0.5, 0.6) is 11.5 Å². The largest absolute Gasteiger partial charge is 0.494 e. The molecule has 0 saturated heterocycles. The van der Waals surface area contributed by atoms with Crippen LogP contribution in [0.1, 0.15) is 12.1 Å². The lowest BCUT2D eigenvalue weighted by Crippen LogP contribution is -2.12. The van der Waals surface area contributed by atoms with Gasteiger partial charge in [-0.3, -0.25) is 9.59 Å². The van der Waals surface area contributed by atoms with E-state index < -0.39 is 5.82 Å². The van der Waals surface area contributed by atoms with Crippen LogP contribution in [0.25, 0.3) is 44.6 Å². The minimum Gasteiger partial charge on any atom is -0.494 e. The summed E-state index contributed by atoms with van der Waals surface area (Å²) in [7, 11) is 0. The van der Waals surface area contributed by atoms with Crippen LogP contribution >= 0.6 is 0 Å². The topological polar surface area (TPSA) is 119 Å². The first kappa shape index (κ1) is 32.5. The molecule has 7 rings (SSSR count). The molecule has 0 atom stereocenters. The first-order valence-electron chi connectivity index (χ1n) is 16.2. The van der Waals surface area contributed by atoms with Crippen molar-refractivity contribution in [2.75, 3.05) is 26.4 Å². The lowest BCUT2D eigenvalue weighted by molar-refractivity contribution is 0.0923. The van der Waals surface area contributed by atoms with Crippen LogP contribution in [-0.4, -0.2) is 41.4 Å². The molecule has 10 nitrogen and oxygen atoms in total. The second-order valence-corrected chi connectivity index (χ2v) is 11.5. The molecule has 4 aromatic carbocycles. The molecule has 50 heavy (non-hydrogen) atoms. The molecule has 3 heterocycles. The van der Waals surface area contributed by atoms with Crippen molar-refractivity contribution in [2.24, 2.45) is 0 Å². The maximum absolute atomic E-state index is 13.6. The molecule has 0 spiro atoms. The number of rotatable bonds is 14. The van der Waals surface area contributed by atoms with E-state index in [1.165, 1.54) is 30.3 Å². The van der Waals surface area contributed by atoms with Crippen LogP contribution in [-0.2, 0) is 17.7 Å². The van der Waals surface area contributed by atoms with Gasteiger partial charge in [0.25, 0.3) is 0 Å².